The third-order valence-corrected chi connectivity index (χ3v) is 4.97. The number of furan rings is 1. The molecule has 0 fully saturated rings. The van der Waals surface area contributed by atoms with E-state index in [1.54, 1.807) is 6.26 Å². The highest BCUT2D eigenvalue weighted by atomic mass is 16.3. The first kappa shape index (κ1) is 20.8. The van der Waals surface area contributed by atoms with Gasteiger partial charge in [-0.1, -0.05) is 36.8 Å². The molecule has 0 saturated carbocycles. The van der Waals surface area contributed by atoms with E-state index in [4.69, 9.17) is 4.42 Å². The van der Waals surface area contributed by atoms with E-state index in [-0.39, 0.29) is 30.9 Å². The molecule has 2 amide bonds. The van der Waals surface area contributed by atoms with E-state index >= 15 is 0 Å². The maximum absolute atomic E-state index is 13.1. The number of rotatable bonds is 8. The molecule has 0 bridgehead atoms. The number of nitrogens with zero attached hydrogens (tertiary/aromatic N) is 3. The minimum absolute atomic E-state index is 0.0880. The fourth-order valence-corrected chi connectivity index (χ4v) is 3.36. The van der Waals surface area contributed by atoms with Crippen LogP contribution in [-0.2, 0) is 9.59 Å². The van der Waals surface area contributed by atoms with Crippen molar-refractivity contribution < 1.29 is 14.0 Å². The summed E-state index contributed by atoms with van der Waals surface area (Å²) in [5, 5.41) is 8.92. The van der Waals surface area contributed by atoms with E-state index in [1.165, 1.54) is 10.6 Å². The normalized spacial score (nSPS) is 16.2. The van der Waals surface area contributed by atoms with Gasteiger partial charge in [-0.05, 0) is 38.1 Å². The van der Waals surface area contributed by atoms with E-state index in [1.807, 2.05) is 62.1 Å². The van der Waals surface area contributed by atoms with Gasteiger partial charge in [-0.3, -0.25) is 14.5 Å². The van der Waals surface area contributed by atoms with E-state index in [0.717, 1.165) is 11.3 Å². The second kappa shape index (κ2) is 9.52. The standard InChI is InChI=1S/C22H28N4O3/c1-4-23-21(27)14-25(5-2)15-22(28)26-19(20-7-6-12-29-20)13-18(24-26)17-10-8-16(3)9-11-17/h6-12,19H,4-5,13-15H2,1-3H3,(H,23,27)/t19-/m0/s1. The Hall–Kier alpha value is -2.93. The molecule has 0 aliphatic carbocycles. The number of carbonyl (C=O) groups is 2. The quantitative estimate of drug-likeness (QED) is 0.744. The lowest BCUT2D eigenvalue weighted by atomic mass is 10.0. The van der Waals surface area contributed by atoms with Crippen molar-refractivity contribution in [3.63, 3.8) is 0 Å². The zero-order chi connectivity index (χ0) is 20.8. The smallest absolute Gasteiger partial charge is 0.257 e. The molecule has 0 saturated heterocycles. The maximum atomic E-state index is 13.1. The number of hydrogen-bond donors (Lipinski definition) is 1. The van der Waals surface area contributed by atoms with E-state index in [9.17, 15) is 9.59 Å². The molecule has 1 aliphatic rings. The van der Waals surface area contributed by atoms with Crippen LogP contribution in [0, 0.1) is 6.92 Å². The van der Waals surface area contributed by atoms with Crippen molar-refractivity contribution in [2.75, 3.05) is 26.2 Å². The van der Waals surface area contributed by atoms with Gasteiger partial charge in [-0.25, -0.2) is 5.01 Å². The predicted molar refractivity (Wildman–Crippen MR) is 111 cm³/mol. The van der Waals surface area contributed by atoms with Gasteiger partial charge in [-0.2, -0.15) is 5.10 Å². The molecule has 29 heavy (non-hydrogen) atoms. The Morgan fingerprint density at radius 2 is 1.97 bits per heavy atom. The molecule has 2 heterocycles. The Morgan fingerprint density at radius 3 is 2.59 bits per heavy atom. The average molecular weight is 396 g/mol. The summed E-state index contributed by atoms with van der Waals surface area (Å²) in [6.07, 6.45) is 2.19. The number of aryl methyl sites for hydroxylation is 1. The molecule has 3 rings (SSSR count). The average Bonchev–Trinajstić information content (AvgIpc) is 3.38. The Kier molecular flexibility index (Phi) is 6.82. The molecule has 154 valence electrons. The Labute approximate surface area is 171 Å². The highest BCUT2D eigenvalue weighted by molar-refractivity contribution is 6.03. The molecule has 1 N–H and O–H groups in total. The summed E-state index contributed by atoms with van der Waals surface area (Å²) in [6.45, 7) is 7.31. The molecular formula is C22H28N4O3. The van der Waals surface area contributed by atoms with Gasteiger partial charge in [0.2, 0.25) is 5.91 Å². The summed E-state index contributed by atoms with van der Waals surface area (Å²) in [4.78, 5) is 26.8. The Bertz CT molecular complexity index is 859. The first-order valence-corrected chi connectivity index (χ1v) is 10.0. The van der Waals surface area contributed by atoms with Crippen molar-refractivity contribution in [2.45, 2.75) is 33.2 Å². The molecular weight excluding hydrogens is 368 g/mol. The second-order valence-electron chi connectivity index (χ2n) is 7.14. The van der Waals surface area contributed by atoms with Gasteiger partial charge in [0.15, 0.2) is 0 Å². The summed E-state index contributed by atoms with van der Waals surface area (Å²) in [6, 6.07) is 11.5. The van der Waals surface area contributed by atoms with Crippen LogP contribution < -0.4 is 5.32 Å². The highest BCUT2D eigenvalue weighted by Crippen LogP contribution is 2.33. The van der Waals surface area contributed by atoms with Crippen molar-refractivity contribution in [2.24, 2.45) is 5.10 Å². The molecule has 1 aromatic carbocycles. The summed E-state index contributed by atoms with van der Waals surface area (Å²) in [7, 11) is 0. The predicted octanol–water partition coefficient (Wildman–Crippen LogP) is 2.72. The number of amides is 2. The van der Waals surface area contributed by atoms with Crippen LogP contribution in [0.25, 0.3) is 0 Å². The fraction of sp³-hybridized carbons (Fsp3) is 0.409. The third-order valence-electron chi connectivity index (χ3n) is 4.97. The van der Waals surface area contributed by atoms with Gasteiger partial charge in [-0.15, -0.1) is 0 Å². The molecule has 1 atom stereocenters. The van der Waals surface area contributed by atoms with Gasteiger partial charge in [0.25, 0.3) is 5.91 Å². The number of likely N-dealkylation sites (N-methyl/N-ethyl adjacent to an activating group) is 2. The van der Waals surface area contributed by atoms with Crippen molar-refractivity contribution in [3.8, 4) is 0 Å². The van der Waals surface area contributed by atoms with Crippen LogP contribution in [0.2, 0.25) is 0 Å². The van der Waals surface area contributed by atoms with Crippen LogP contribution >= 0.6 is 0 Å². The summed E-state index contributed by atoms with van der Waals surface area (Å²) in [5.74, 6) is 0.464. The van der Waals surface area contributed by atoms with Crippen molar-refractivity contribution >= 4 is 17.5 Å². The molecule has 2 aromatic rings. The first-order valence-electron chi connectivity index (χ1n) is 10.0. The molecule has 0 unspecified atom stereocenters. The maximum Gasteiger partial charge on any atom is 0.257 e. The number of nitrogens with one attached hydrogen (secondary N) is 1. The number of hydrazone groups is 1. The van der Waals surface area contributed by atoms with Crippen LogP contribution in [0.5, 0.6) is 0 Å². The molecule has 0 radical (unpaired) electrons. The van der Waals surface area contributed by atoms with Crippen molar-refractivity contribution in [1.82, 2.24) is 15.2 Å². The lowest BCUT2D eigenvalue weighted by Crippen LogP contribution is -2.43. The SMILES string of the molecule is CCNC(=O)CN(CC)CC(=O)N1N=C(c2ccc(C)cc2)C[C@H]1c1ccco1. The zero-order valence-corrected chi connectivity index (χ0v) is 17.2. The van der Waals surface area contributed by atoms with Crippen LogP contribution in [0.1, 0.15) is 43.2 Å². The number of carbonyl (C=O) groups excluding carboxylic acids is 2. The first-order chi connectivity index (χ1) is 14.0. The minimum atomic E-state index is -0.281. The van der Waals surface area contributed by atoms with Crippen LogP contribution in [0.4, 0.5) is 0 Å². The van der Waals surface area contributed by atoms with Gasteiger partial charge in [0.1, 0.15) is 11.8 Å². The van der Waals surface area contributed by atoms with E-state index < -0.39 is 0 Å². The molecule has 7 nitrogen and oxygen atoms in total. The monoisotopic (exact) mass is 396 g/mol. The lowest BCUT2D eigenvalue weighted by Gasteiger charge is -2.24. The summed E-state index contributed by atoms with van der Waals surface area (Å²) in [5.41, 5.74) is 3.02. The Balaban J connectivity index is 1.79. The topological polar surface area (TPSA) is 78.2 Å². The second-order valence-corrected chi connectivity index (χ2v) is 7.14. The number of benzene rings is 1. The molecule has 1 aromatic heterocycles. The zero-order valence-electron chi connectivity index (χ0n) is 17.2. The van der Waals surface area contributed by atoms with Crippen molar-refractivity contribution in [1.29, 1.82) is 0 Å². The number of hydrogen-bond acceptors (Lipinski definition) is 5. The minimum Gasteiger partial charge on any atom is -0.467 e. The third kappa shape index (κ3) is 5.12. The van der Waals surface area contributed by atoms with Crippen LogP contribution in [-0.4, -0.2) is 53.6 Å². The fourth-order valence-electron chi connectivity index (χ4n) is 3.36. The molecule has 7 heteroatoms. The summed E-state index contributed by atoms with van der Waals surface area (Å²) >= 11 is 0. The Morgan fingerprint density at radius 1 is 1.21 bits per heavy atom. The van der Waals surface area contributed by atoms with Crippen molar-refractivity contribution in [3.05, 3.63) is 59.5 Å². The highest BCUT2D eigenvalue weighted by Gasteiger charge is 2.35. The largest absolute Gasteiger partial charge is 0.467 e. The van der Waals surface area contributed by atoms with Crippen LogP contribution in [0.15, 0.2) is 52.2 Å². The lowest BCUT2D eigenvalue weighted by molar-refractivity contribution is -0.135. The molecule has 1 aliphatic heterocycles. The summed E-state index contributed by atoms with van der Waals surface area (Å²) < 4.78 is 5.58. The van der Waals surface area contributed by atoms with Gasteiger partial charge < -0.3 is 9.73 Å². The van der Waals surface area contributed by atoms with E-state index in [0.29, 0.717) is 25.3 Å². The van der Waals surface area contributed by atoms with Crippen LogP contribution in [0.3, 0.4) is 0 Å². The van der Waals surface area contributed by atoms with Gasteiger partial charge in [0, 0.05) is 13.0 Å². The van der Waals surface area contributed by atoms with Gasteiger partial charge >= 0.3 is 0 Å². The van der Waals surface area contributed by atoms with E-state index in [2.05, 4.69) is 10.4 Å². The molecule has 0 spiro atoms. The van der Waals surface area contributed by atoms with Gasteiger partial charge in [0.05, 0.1) is 25.1 Å².